The minimum absolute atomic E-state index is 0.00567. The SMILES string of the molecule is CC(c1ccncc1)C(Br)c1cccc(OC(F)F)c1. The van der Waals surface area contributed by atoms with Crippen LogP contribution in [0.2, 0.25) is 0 Å². The maximum absolute atomic E-state index is 12.2. The van der Waals surface area contributed by atoms with Crippen molar-refractivity contribution < 1.29 is 13.5 Å². The largest absolute Gasteiger partial charge is 0.435 e. The Morgan fingerprint density at radius 1 is 1.10 bits per heavy atom. The lowest BCUT2D eigenvalue weighted by molar-refractivity contribution is -0.0498. The van der Waals surface area contributed by atoms with E-state index in [-0.39, 0.29) is 16.5 Å². The molecule has 20 heavy (non-hydrogen) atoms. The number of aromatic nitrogens is 1. The average Bonchev–Trinajstić information content (AvgIpc) is 2.46. The van der Waals surface area contributed by atoms with Gasteiger partial charge in [0.15, 0.2) is 0 Å². The van der Waals surface area contributed by atoms with E-state index in [0.717, 1.165) is 11.1 Å². The third-order valence-corrected chi connectivity index (χ3v) is 4.39. The number of nitrogens with zero attached hydrogens (tertiary/aromatic N) is 1. The number of benzene rings is 1. The summed E-state index contributed by atoms with van der Waals surface area (Å²) >= 11 is 3.63. The van der Waals surface area contributed by atoms with Gasteiger partial charge in [-0.15, -0.1) is 0 Å². The van der Waals surface area contributed by atoms with Crippen molar-refractivity contribution in [2.24, 2.45) is 0 Å². The summed E-state index contributed by atoms with van der Waals surface area (Å²) in [6, 6.07) is 10.6. The molecule has 2 rings (SSSR count). The van der Waals surface area contributed by atoms with E-state index in [1.165, 1.54) is 6.07 Å². The number of hydrogen-bond donors (Lipinski definition) is 0. The van der Waals surface area contributed by atoms with Crippen LogP contribution in [-0.4, -0.2) is 11.6 Å². The first-order valence-electron chi connectivity index (χ1n) is 6.16. The molecule has 0 spiro atoms. The molecule has 0 amide bonds. The molecule has 5 heteroatoms. The molecular weight excluding hydrogens is 328 g/mol. The topological polar surface area (TPSA) is 22.1 Å². The Hall–Kier alpha value is -1.49. The Kier molecular flexibility index (Phi) is 5.06. The summed E-state index contributed by atoms with van der Waals surface area (Å²) in [6.45, 7) is -0.744. The van der Waals surface area contributed by atoms with Gasteiger partial charge in [-0.05, 0) is 41.3 Å². The van der Waals surface area contributed by atoms with Crippen molar-refractivity contribution in [2.75, 3.05) is 0 Å². The predicted octanol–water partition coefficient (Wildman–Crippen LogP) is 4.92. The zero-order valence-corrected chi connectivity index (χ0v) is 12.4. The van der Waals surface area contributed by atoms with Gasteiger partial charge in [0.1, 0.15) is 5.75 Å². The van der Waals surface area contributed by atoms with Crippen LogP contribution >= 0.6 is 15.9 Å². The van der Waals surface area contributed by atoms with Gasteiger partial charge in [0.25, 0.3) is 0 Å². The van der Waals surface area contributed by atoms with Crippen molar-refractivity contribution in [1.82, 2.24) is 4.98 Å². The van der Waals surface area contributed by atoms with Gasteiger partial charge in [0.05, 0.1) is 0 Å². The molecule has 0 saturated carbocycles. The lowest BCUT2D eigenvalue weighted by Crippen LogP contribution is -2.05. The number of hydrogen-bond acceptors (Lipinski definition) is 2. The van der Waals surface area contributed by atoms with Gasteiger partial charge in [-0.1, -0.05) is 35.0 Å². The third kappa shape index (κ3) is 3.76. The first kappa shape index (κ1) is 14.9. The van der Waals surface area contributed by atoms with Crippen molar-refractivity contribution in [1.29, 1.82) is 0 Å². The van der Waals surface area contributed by atoms with E-state index in [1.54, 1.807) is 24.5 Å². The first-order chi connectivity index (χ1) is 9.58. The molecule has 2 unspecified atom stereocenters. The highest BCUT2D eigenvalue weighted by atomic mass is 79.9. The van der Waals surface area contributed by atoms with Crippen LogP contribution in [-0.2, 0) is 0 Å². The molecule has 0 saturated heterocycles. The number of halogens is 3. The second-order valence-electron chi connectivity index (χ2n) is 4.42. The molecule has 0 bridgehead atoms. The molecule has 2 atom stereocenters. The van der Waals surface area contributed by atoms with Crippen molar-refractivity contribution >= 4 is 15.9 Å². The lowest BCUT2D eigenvalue weighted by atomic mass is 9.94. The van der Waals surface area contributed by atoms with Crippen LogP contribution in [0.1, 0.15) is 28.8 Å². The fraction of sp³-hybridized carbons (Fsp3) is 0.267. The maximum atomic E-state index is 12.2. The second-order valence-corrected chi connectivity index (χ2v) is 5.41. The smallest absolute Gasteiger partial charge is 0.387 e. The van der Waals surface area contributed by atoms with Crippen molar-refractivity contribution in [3.8, 4) is 5.75 Å². The Morgan fingerprint density at radius 3 is 2.45 bits per heavy atom. The molecule has 2 nitrogen and oxygen atoms in total. The van der Waals surface area contributed by atoms with Crippen LogP contribution in [0, 0.1) is 0 Å². The maximum Gasteiger partial charge on any atom is 0.387 e. The minimum atomic E-state index is -2.81. The summed E-state index contributed by atoms with van der Waals surface area (Å²) in [5, 5.41) is 0. The van der Waals surface area contributed by atoms with Crippen LogP contribution < -0.4 is 4.74 Å². The van der Waals surface area contributed by atoms with Crippen LogP contribution in [0.5, 0.6) is 5.75 Å². The first-order valence-corrected chi connectivity index (χ1v) is 7.08. The summed E-state index contributed by atoms with van der Waals surface area (Å²) in [5.74, 6) is 0.351. The van der Waals surface area contributed by atoms with E-state index < -0.39 is 6.61 Å². The van der Waals surface area contributed by atoms with Crippen LogP contribution in [0.4, 0.5) is 8.78 Å². The third-order valence-electron chi connectivity index (χ3n) is 3.07. The molecule has 0 N–H and O–H groups in total. The summed E-state index contributed by atoms with van der Waals surface area (Å²) in [7, 11) is 0. The standard InChI is InChI=1S/C15H14BrF2NO/c1-10(11-5-7-19-8-6-11)14(16)12-3-2-4-13(9-12)20-15(17)18/h2-10,14-15H,1H3. The van der Waals surface area contributed by atoms with E-state index in [9.17, 15) is 8.78 Å². The van der Waals surface area contributed by atoms with E-state index in [2.05, 4.69) is 32.6 Å². The zero-order valence-electron chi connectivity index (χ0n) is 10.8. The fourth-order valence-corrected chi connectivity index (χ4v) is 2.58. The molecular formula is C15H14BrF2NO. The highest BCUT2D eigenvalue weighted by Gasteiger charge is 2.18. The van der Waals surface area contributed by atoms with Gasteiger partial charge in [-0.25, -0.2) is 0 Å². The van der Waals surface area contributed by atoms with Gasteiger partial charge in [-0.2, -0.15) is 8.78 Å². The Morgan fingerprint density at radius 2 is 1.80 bits per heavy atom. The molecule has 106 valence electrons. The number of alkyl halides is 3. The minimum Gasteiger partial charge on any atom is -0.435 e. The highest BCUT2D eigenvalue weighted by Crippen LogP contribution is 2.38. The molecule has 1 heterocycles. The molecule has 0 radical (unpaired) electrons. The number of rotatable bonds is 5. The van der Waals surface area contributed by atoms with Gasteiger partial charge >= 0.3 is 6.61 Å². The summed E-state index contributed by atoms with van der Waals surface area (Å²) in [6.07, 6.45) is 3.48. The van der Waals surface area contributed by atoms with Gasteiger partial charge in [-0.3, -0.25) is 4.98 Å². The van der Waals surface area contributed by atoms with Crippen molar-refractivity contribution in [3.05, 3.63) is 59.9 Å². The summed E-state index contributed by atoms with van der Waals surface area (Å²) in [5.41, 5.74) is 2.02. The normalized spacial score (nSPS) is 14.1. The van der Waals surface area contributed by atoms with Gasteiger partial charge in [0.2, 0.25) is 0 Å². The lowest BCUT2D eigenvalue weighted by Gasteiger charge is -2.19. The molecule has 0 aliphatic carbocycles. The van der Waals surface area contributed by atoms with Crippen LogP contribution in [0.25, 0.3) is 0 Å². The fourth-order valence-electron chi connectivity index (χ4n) is 1.99. The van der Waals surface area contributed by atoms with E-state index >= 15 is 0 Å². The van der Waals surface area contributed by atoms with Gasteiger partial charge < -0.3 is 4.74 Å². The molecule has 1 aromatic carbocycles. The molecule has 1 aromatic heterocycles. The monoisotopic (exact) mass is 341 g/mol. The number of ether oxygens (including phenoxy) is 1. The van der Waals surface area contributed by atoms with Crippen LogP contribution in [0.3, 0.4) is 0 Å². The molecule has 0 aliphatic heterocycles. The number of pyridine rings is 1. The van der Waals surface area contributed by atoms with Crippen molar-refractivity contribution in [3.63, 3.8) is 0 Å². The van der Waals surface area contributed by atoms with E-state index in [0.29, 0.717) is 0 Å². The van der Waals surface area contributed by atoms with Crippen LogP contribution in [0.15, 0.2) is 48.8 Å². The predicted molar refractivity (Wildman–Crippen MR) is 77.4 cm³/mol. The Bertz CT molecular complexity index is 551. The van der Waals surface area contributed by atoms with E-state index in [4.69, 9.17) is 0 Å². The van der Waals surface area contributed by atoms with Gasteiger partial charge in [0, 0.05) is 17.2 Å². The molecule has 0 aliphatic rings. The zero-order chi connectivity index (χ0) is 14.5. The van der Waals surface area contributed by atoms with Crippen molar-refractivity contribution in [2.45, 2.75) is 24.3 Å². The highest BCUT2D eigenvalue weighted by molar-refractivity contribution is 9.09. The Balaban J connectivity index is 2.18. The average molecular weight is 342 g/mol. The van der Waals surface area contributed by atoms with E-state index in [1.807, 2.05) is 18.2 Å². The summed E-state index contributed by atoms with van der Waals surface area (Å²) < 4.78 is 28.9. The molecule has 0 fully saturated rings. The second kappa shape index (κ2) is 6.79. The Labute approximate surface area is 124 Å². The molecule has 2 aromatic rings. The summed E-state index contributed by atoms with van der Waals surface area (Å²) in [4.78, 5) is 3.99. The quantitative estimate of drug-likeness (QED) is 0.720.